The summed E-state index contributed by atoms with van der Waals surface area (Å²) in [4.78, 5) is 20.8. The van der Waals surface area contributed by atoms with Gasteiger partial charge in [0.05, 0.1) is 7.11 Å². The third-order valence-electron chi connectivity index (χ3n) is 5.44. The molecule has 3 N–H and O–H groups in total. The maximum absolute atomic E-state index is 10.5. The Hall–Kier alpha value is -0.759. The number of aromatic hydroxyl groups is 1. The smallest absolute Gasteiger partial charge is 0.339 e. The number of para-hydroxylation sites is 1. The second kappa shape index (κ2) is 26.8. The van der Waals surface area contributed by atoms with E-state index in [-0.39, 0.29) is 61.8 Å². The van der Waals surface area contributed by atoms with Crippen molar-refractivity contribution in [3.05, 3.63) is 23.8 Å². The number of aliphatic carboxylic acids is 1. The van der Waals surface area contributed by atoms with Crippen LogP contribution >= 0.6 is 0 Å². The molecule has 0 heterocycles. The molecule has 0 saturated carbocycles. The molecule has 34 heavy (non-hydrogen) atoms. The first-order valence-electron chi connectivity index (χ1n) is 12.2. The van der Waals surface area contributed by atoms with Crippen molar-refractivity contribution in [1.82, 2.24) is 0 Å². The van der Waals surface area contributed by atoms with Crippen molar-refractivity contribution < 1.29 is 74.4 Å². The van der Waals surface area contributed by atoms with Gasteiger partial charge in [0.15, 0.2) is 11.5 Å². The minimum atomic E-state index is -1.17. The second-order valence-corrected chi connectivity index (χ2v) is 8.26. The molecule has 0 aliphatic rings. The molecule has 0 aliphatic heterocycles. The van der Waals surface area contributed by atoms with Crippen molar-refractivity contribution in [3.63, 3.8) is 0 Å². The van der Waals surface area contributed by atoms with Crippen molar-refractivity contribution in [2.45, 2.75) is 110 Å². The molecule has 0 fully saturated rings. The van der Waals surface area contributed by atoms with E-state index in [2.05, 4.69) is 6.92 Å². The maximum Gasteiger partial charge on any atom is 0.339 e. The van der Waals surface area contributed by atoms with Crippen molar-refractivity contribution in [1.29, 1.82) is 0 Å². The number of rotatable bonds is 18. The first kappa shape index (κ1) is 37.8. The molecule has 206 valence electrons. The Balaban J connectivity index is -0.000000590. The molecule has 8 heteroatoms. The monoisotopic (exact) mass is 666 g/mol. The van der Waals surface area contributed by atoms with Gasteiger partial charge >= 0.3 is 11.9 Å². The zero-order valence-electron chi connectivity index (χ0n) is 20.7. The van der Waals surface area contributed by atoms with Crippen molar-refractivity contribution in [2.75, 3.05) is 7.11 Å². The van der Waals surface area contributed by atoms with Gasteiger partial charge in [0.1, 0.15) is 5.56 Å². The van der Waals surface area contributed by atoms with Crippen LogP contribution in [0.3, 0.4) is 0 Å². The molecule has 2 radical (unpaired) electrons. The molecule has 0 aliphatic carbocycles. The van der Waals surface area contributed by atoms with Gasteiger partial charge in [-0.3, -0.25) is 4.79 Å². The van der Waals surface area contributed by atoms with Crippen LogP contribution in [0.4, 0.5) is 0 Å². The molecular weight excluding hydrogens is 624 g/mol. The summed E-state index contributed by atoms with van der Waals surface area (Å²) in [5, 5.41) is 26.3. The number of phenols is 1. The summed E-state index contributed by atoms with van der Waals surface area (Å²) < 4.78 is 4.72. The van der Waals surface area contributed by atoms with Gasteiger partial charge in [-0.2, -0.15) is 0 Å². The van der Waals surface area contributed by atoms with Gasteiger partial charge < -0.3 is 20.1 Å². The van der Waals surface area contributed by atoms with E-state index in [9.17, 15) is 14.7 Å². The fraction of sp³-hybridized carbons (Fsp3) is 0.692. The van der Waals surface area contributed by atoms with E-state index < -0.39 is 11.9 Å². The number of carboxylic acid groups (broad SMARTS) is 2. The average Bonchev–Trinajstić information content (AvgIpc) is 2.76. The molecular formula is C26H44Ag2O6. The minimum Gasteiger partial charge on any atom is -0.504 e. The van der Waals surface area contributed by atoms with Crippen LogP contribution in [0.15, 0.2) is 18.2 Å². The molecule has 0 aromatic heterocycles. The maximum atomic E-state index is 10.5. The van der Waals surface area contributed by atoms with Gasteiger partial charge in [0.2, 0.25) is 0 Å². The first-order chi connectivity index (χ1) is 15.4. The van der Waals surface area contributed by atoms with Gasteiger partial charge in [-0.1, -0.05) is 103 Å². The third-order valence-corrected chi connectivity index (χ3v) is 5.44. The van der Waals surface area contributed by atoms with E-state index in [0.29, 0.717) is 6.42 Å². The van der Waals surface area contributed by atoms with Gasteiger partial charge in [-0.15, -0.1) is 0 Å². The molecule has 1 rings (SSSR count). The largest absolute Gasteiger partial charge is 0.504 e. The quantitative estimate of drug-likeness (QED) is 0.111. The van der Waals surface area contributed by atoms with Crippen LogP contribution in [0.2, 0.25) is 0 Å². The van der Waals surface area contributed by atoms with Crippen LogP contribution in [-0.4, -0.2) is 34.4 Å². The number of aromatic carboxylic acids is 1. The number of ether oxygens (including phenoxy) is 1. The predicted octanol–water partition coefficient (Wildman–Crippen LogP) is 7.43. The summed E-state index contributed by atoms with van der Waals surface area (Å²) in [5.74, 6) is -2.01. The van der Waals surface area contributed by atoms with Gasteiger partial charge in [-0.25, -0.2) is 4.79 Å². The number of carboxylic acids is 2. The van der Waals surface area contributed by atoms with Crippen LogP contribution in [0, 0.1) is 0 Å². The normalized spacial score (nSPS) is 9.71. The second-order valence-electron chi connectivity index (χ2n) is 8.26. The number of benzene rings is 1. The molecule has 0 amide bonds. The Morgan fingerprint density at radius 3 is 1.50 bits per heavy atom. The Morgan fingerprint density at radius 1 is 0.735 bits per heavy atom. The van der Waals surface area contributed by atoms with Crippen LogP contribution in [-0.2, 0) is 49.6 Å². The molecule has 6 nitrogen and oxygen atoms in total. The number of hydrogen-bond acceptors (Lipinski definition) is 4. The summed E-state index contributed by atoms with van der Waals surface area (Å²) in [5.41, 5.74) is -0.158. The van der Waals surface area contributed by atoms with Crippen molar-refractivity contribution in [2.24, 2.45) is 0 Å². The van der Waals surface area contributed by atoms with E-state index in [1.165, 1.54) is 109 Å². The number of carbonyl (C=O) groups is 2. The van der Waals surface area contributed by atoms with Crippen LogP contribution in [0.5, 0.6) is 11.5 Å². The number of hydrogen-bond donors (Lipinski definition) is 3. The summed E-state index contributed by atoms with van der Waals surface area (Å²) >= 11 is 0. The summed E-state index contributed by atoms with van der Waals surface area (Å²) in [6.07, 6.45) is 20.2. The van der Waals surface area contributed by atoms with E-state index in [4.69, 9.17) is 14.9 Å². The fourth-order valence-corrected chi connectivity index (χ4v) is 3.51. The summed E-state index contributed by atoms with van der Waals surface area (Å²) in [6, 6.07) is 4.30. The Kier molecular flexibility index (Phi) is 29.8. The van der Waals surface area contributed by atoms with Gasteiger partial charge in [0.25, 0.3) is 0 Å². The zero-order chi connectivity index (χ0) is 24.0. The molecule has 0 unspecified atom stereocenters. The SMILES string of the molecule is CCCCCCCCCCCCCCCCCC(=O)O.COc1cccc(C(=O)O)c1O.[Ag].[Ag]. The van der Waals surface area contributed by atoms with E-state index >= 15 is 0 Å². The molecule has 0 saturated heterocycles. The average molecular weight is 668 g/mol. The summed E-state index contributed by atoms with van der Waals surface area (Å²) in [7, 11) is 1.36. The molecule has 0 bridgehead atoms. The molecule has 1 aromatic rings. The topological polar surface area (TPSA) is 104 Å². The van der Waals surface area contributed by atoms with Crippen LogP contribution in [0.25, 0.3) is 0 Å². The molecule has 0 atom stereocenters. The van der Waals surface area contributed by atoms with Gasteiger partial charge in [0, 0.05) is 51.2 Å². The minimum absolute atomic E-state index is 0. The van der Waals surface area contributed by atoms with Crippen LogP contribution in [0.1, 0.15) is 120 Å². The third kappa shape index (κ3) is 21.8. The predicted molar refractivity (Wildman–Crippen MR) is 129 cm³/mol. The van der Waals surface area contributed by atoms with Crippen molar-refractivity contribution >= 4 is 11.9 Å². The van der Waals surface area contributed by atoms with Crippen molar-refractivity contribution in [3.8, 4) is 11.5 Å². The zero-order valence-corrected chi connectivity index (χ0v) is 23.7. The van der Waals surface area contributed by atoms with E-state index in [1.54, 1.807) is 0 Å². The number of methoxy groups -OCH3 is 1. The molecule has 0 spiro atoms. The standard InChI is InChI=1S/C18H36O2.C8H8O4.2Ag/c1-2-3-4-5-6-7-8-9-10-11-12-13-14-15-16-17-18(19)20;1-12-6-4-2-3-5(7(6)9)8(10)11;;/h2-17H2,1H3,(H,19,20);2-4,9H,1H3,(H,10,11);;. The fourth-order valence-electron chi connectivity index (χ4n) is 3.51. The first-order valence-corrected chi connectivity index (χ1v) is 12.2. The van der Waals surface area contributed by atoms with E-state index in [1.807, 2.05) is 0 Å². The Labute approximate surface area is 237 Å². The number of unbranched alkanes of at least 4 members (excludes halogenated alkanes) is 14. The Morgan fingerprint density at radius 2 is 1.15 bits per heavy atom. The molecule has 1 aromatic carbocycles. The van der Waals surface area contributed by atoms with E-state index in [0.717, 1.165) is 12.8 Å². The van der Waals surface area contributed by atoms with Crippen LogP contribution < -0.4 is 4.74 Å². The Bertz CT molecular complexity index is 625. The summed E-state index contributed by atoms with van der Waals surface area (Å²) in [6.45, 7) is 2.27. The van der Waals surface area contributed by atoms with Gasteiger partial charge in [-0.05, 0) is 18.6 Å².